The van der Waals surface area contributed by atoms with E-state index in [1.165, 1.54) is 19.2 Å². The van der Waals surface area contributed by atoms with Crippen molar-refractivity contribution in [2.45, 2.75) is 13.2 Å². The standard InChI is InChI=1S/C15H16O6/c1-20-11-3-2-10(7-16)14(6-11)21-8-9-4-12(17)15(19)13(18)5-9/h2-6,16-19H,7-8H2,1H3. The molecular weight excluding hydrogens is 276 g/mol. The van der Waals surface area contributed by atoms with Crippen molar-refractivity contribution in [2.75, 3.05) is 7.11 Å². The van der Waals surface area contributed by atoms with Crippen molar-refractivity contribution in [3.8, 4) is 28.7 Å². The number of phenols is 3. The van der Waals surface area contributed by atoms with Crippen molar-refractivity contribution in [3.63, 3.8) is 0 Å². The molecule has 0 bridgehead atoms. The van der Waals surface area contributed by atoms with Gasteiger partial charge in [-0.1, -0.05) is 0 Å². The molecule has 112 valence electrons. The number of aromatic hydroxyl groups is 3. The first-order valence-corrected chi connectivity index (χ1v) is 6.19. The molecule has 2 rings (SSSR count). The number of methoxy groups -OCH3 is 1. The van der Waals surface area contributed by atoms with E-state index in [2.05, 4.69) is 0 Å². The van der Waals surface area contributed by atoms with E-state index in [1.54, 1.807) is 18.2 Å². The van der Waals surface area contributed by atoms with Gasteiger partial charge in [0.05, 0.1) is 13.7 Å². The highest BCUT2D eigenvalue weighted by Crippen LogP contribution is 2.36. The topological polar surface area (TPSA) is 99.4 Å². The van der Waals surface area contributed by atoms with Gasteiger partial charge in [0.2, 0.25) is 0 Å². The molecule has 4 N–H and O–H groups in total. The van der Waals surface area contributed by atoms with Crippen LogP contribution in [0.1, 0.15) is 11.1 Å². The molecule has 2 aromatic carbocycles. The minimum absolute atomic E-state index is 0.0432. The molecular formula is C15H16O6. The summed E-state index contributed by atoms with van der Waals surface area (Å²) in [5.74, 6) is -0.415. The summed E-state index contributed by atoms with van der Waals surface area (Å²) in [4.78, 5) is 0. The van der Waals surface area contributed by atoms with Crippen LogP contribution in [0.4, 0.5) is 0 Å². The molecule has 0 aliphatic heterocycles. The largest absolute Gasteiger partial charge is 0.504 e. The third-order valence-corrected chi connectivity index (χ3v) is 2.97. The third kappa shape index (κ3) is 3.29. The van der Waals surface area contributed by atoms with Gasteiger partial charge in [0.1, 0.15) is 18.1 Å². The molecule has 0 fully saturated rings. The molecule has 0 atom stereocenters. The molecule has 0 heterocycles. The number of rotatable bonds is 5. The zero-order chi connectivity index (χ0) is 15.4. The van der Waals surface area contributed by atoms with Crippen LogP contribution < -0.4 is 9.47 Å². The van der Waals surface area contributed by atoms with Crippen LogP contribution in [0.5, 0.6) is 28.7 Å². The van der Waals surface area contributed by atoms with Gasteiger partial charge >= 0.3 is 0 Å². The summed E-state index contributed by atoms with van der Waals surface area (Å²) in [5.41, 5.74) is 1.05. The van der Waals surface area contributed by atoms with E-state index < -0.39 is 17.2 Å². The SMILES string of the molecule is COc1ccc(CO)c(OCc2cc(O)c(O)c(O)c2)c1. The van der Waals surface area contributed by atoms with Crippen LogP contribution >= 0.6 is 0 Å². The van der Waals surface area contributed by atoms with E-state index in [-0.39, 0.29) is 13.2 Å². The van der Waals surface area contributed by atoms with Gasteiger partial charge in [-0.05, 0) is 29.8 Å². The first-order chi connectivity index (χ1) is 10.0. The summed E-state index contributed by atoms with van der Waals surface area (Å²) in [7, 11) is 1.52. The van der Waals surface area contributed by atoms with Gasteiger partial charge in [0.25, 0.3) is 0 Å². The van der Waals surface area contributed by atoms with Crippen LogP contribution in [0.15, 0.2) is 30.3 Å². The molecule has 0 aromatic heterocycles. The van der Waals surface area contributed by atoms with E-state index in [4.69, 9.17) is 9.47 Å². The predicted octanol–water partition coefficient (Wildman–Crippen LogP) is 1.88. The maximum atomic E-state index is 9.44. The van der Waals surface area contributed by atoms with Gasteiger partial charge in [-0.15, -0.1) is 0 Å². The fraction of sp³-hybridized carbons (Fsp3) is 0.200. The maximum absolute atomic E-state index is 9.44. The van der Waals surface area contributed by atoms with Crippen LogP contribution in [-0.2, 0) is 13.2 Å². The molecule has 2 aromatic rings. The Labute approximate surface area is 121 Å². The Balaban J connectivity index is 2.19. The molecule has 0 unspecified atom stereocenters. The maximum Gasteiger partial charge on any atom is 0.200 e. The molecule has 0 saturated carbocycles. The molecule has 0 aliphatic rings. The Morgan fingerprint density at radius 1 is 1.00 bits per heavy atom. The molecule has 6 heteroatoms. The lowest BCUT2D eigenvalue weighted by Gasteiger charge is -2.12. The summed E-state index contributed by atoms with van der Waals surface area (Å²) < 4.78 is 10.6. The molecule has 21 heavy (non-hydrogen) atoms. The van der Waals surface area contributed by atoms with Crippen LogP contribution in [0.25, 0.3) is 0 Å². The highest BCUT2D eigenvalue weighted by molar-refractivity contribution is 5.51. The predicted molar refractivity (Wildman–Crippen MR) is 74.7 cm³/mol. The summed E-state index contributed by atoms with van der Waals surface area (Å²) in [5, 5.41) is 37.4. The van der Waals surface area contributed by atoms with Gasteiger partial charge in [-0.2, -0.15) is 0 Å². The summed E-state index contributed by atoms with van der Waals surface area (Å²) in [6.07, 6.45) is 0. The smallest absolute Gasteiger partial charge is 0.200 e. The highest BCUT2D eigenvalue weighted by Gasteiger charge is 2.10. The zero-order valence-corrected chi connectivity index (χ0v) is 11.4. The van der Waals surface area contributed by atoms with Crippen molar-refractivity contribution in [1.82, 2.24) is 0 Å². The van der Waals surface area contributed by atoms with Gasteiger partial charge in [0, 0.05) is 11.6 Å². The van der Waals surface area contributed by atoms with Crippen molar-refractivity contribution < 1.29 is 29.9 Å². The Morgan fingerprint density at radius 3 is 2.24 bits per heavy atom. The third-order valence-electron chi connectivity index (χ3n) is 2.97. The van der Waals surface area contributed by atoms with Gasteiger partial charge < -0.3 is 29.9 Å². The fourth-order valence-electron chi connectivity index (χ4n) is 1.83. The molecule has 0 radical (unpaired) electrons. The normalized spacial score (nSPS) is 10.4. The molecule has 0 saturated heterocycles. The first kappa shape index (κ1) is 14.8. The Hall–Kier alpha value is -2.60. The Bertz CT molecular complexity index is 615. The second-order valence-corrected chi connectivity index (χ2v) is 4.40. The van der Waals surface area contributed by atoms with Crippen molar-refractivity contribution in [1.29, 1.82) is 0 Å². The van der Waals surface area contributed by atoms with E-state index in [0.29, 0.717) is 22.6 Å². The quantitative estimate of drug-likeness (QED) is 0.628. The van der Waals surface area contributed by atoms with E-state index >= 15 is 0 Å². The molecule has 0 aliphatic carbocycles. The number of benzene rings is 2. The van der Waals surface area contributed by atoms with E-state index in [0.717, 1.165) is 0 Å². The highest BCUT2D eigenvalue weighted by atomic mass is 16.5. The monoisotopic (exact) mass is 292 g/mol. The van der Waals surface area contributed by atoms with Crippen LogP contribution in [0.3, 0.4) is 0 Å². The molecule has 0 spiro atoms. The van der Waals surface area contributed by atoms with Gasteiger partial charge in [-0.3, -0.25) is 0 Å². The van der Waals surface area contributed by atoms with Crippen LogP contribution in [0.2, 0.25) is 0 Å². The van der Waals surface area contributed by atoms with Crippen molar-refractivity contribution in [2.24, 2.45) is 0 Å². The number of ether oxygens (including phenoxy) is 2. The number of aliphatic hydroxyl groups is 1. The zero-order valence-electron chi connectivity index (χ0n) is 11.4. The summed E-state index contributed by atoms with van der Waals surface area (Å²) in [6, 6.07) is 7.59. The van der Waals surface area contributed by atoms with Crippen LogP contribution in [0, 0.1) is 0 Å². The second kappa shape index (κ2) is 6.23. The minimum Gasteiger partial charge on any atom is -0.504 e. The minimum atomic E-state index is -0.573. The lowest BCUT2D eigenvalue weighted by atomic mass is 10.2. The lowest BCUT2D eigenvalue weighted by Crippen LogP contribution is -1.99. The number of aliphatic hydroxyl groups excluding tert-OH is 1. The Morgan fingerprint density at radius 2 is 1.67 bits per heavy atom. The Kier molecular flexibility index (Phi) is 4.39. The van der Waals surface area contributed by atoms with Gasteiger partial charge in [-0.25, -0.2) is 0 Å². The van der Waals surface area contributed by atoms with Gasteiger partial charge in [0.15, 0.2) is 17.2 Å². The lowest BCUT2D eigenvalue weighted by molar-refractivity contribution is 0.257. The fourth-order valence-corrected chi connectivity index (χ4v) is 1.83. The van der Waals surface area contributed by atoms with E-state index in [9.17, 15) is 20.4 Å². The average Bonchev–Trinajstić information content (AvgIpc) is 2.50. The first-order valence-electron chi connectivity index (χ1n) is 6.19. The van der Waals surface area contributed by atoms with Crippen LogP contribution in [-0.4, -0.2) is 27.5 Å². The van der Waals surface area contributed by atoms with Crippen molar-refractivity contribution >= 4 is 0 Å². The second-order valence-electron chi connectivity index (χ2n) is 4.40. The number of phenolic OH excluding ortho intramolecular Hbond substituents is 3. The number of hydrogen-bond donors (Lipinski definition) is 4. The molecule has 6 nitrogen and oxygen atoms in total. The molecule has 0 amide bonds. The van der Waals surface area contributed by atoms with E-state index in [1.807, 2.05) is 0 Å². The van der Waals surface area contributed by atoms with Crippen molar-refractivity contribution in [3.05, 3.63) is 41.5 Å². The number of hydrogen-bond acceptors (Lipinski definition) is 6. The summed E-state index contributed by atoms with van der Waals surface area (Å²) >= 11 is 0. The summed E-state index contributed by atoms with van der Waals surface area (Å²) in [6.45, 7) is -0.146. The average molecular weight is 292 g/mol.